The maximum Gasteiger partial charge on any atom is 0.233 e. The Bertz CT molecular complexity index is 409. The molecule has 0 aliphatic rings. The molecule has 0 saturated carbocycles. The van der Waals surface area contributed by atoms with Crippen LogP contribution in [0.15, 0.2) is 24.3 Å². The number of nitriles is 1. The maximum absolute atomic E-state index is 11.1. The summed E-state index contributed by atoms with van der Waals surface area (Å²) in [6.45, 7) is 0.924. The van der Waals surface area contributed by atoms with Crippen molar-refractivity contribution in [2.45, 2.75) is 6.54 Å². The minimum absolute atomic E-state index is 0.0306. The van der Waals surface area contributed by atoms with E-state index in [9.17, 15) is 4.79 Å². The van der Waals surface area contributed by atoms with Gasteiger partial charge in [-0.3, -0.25) is 9.69 Å². The van der Waals surface area contributed by atoms with E-state index in [1.165, 1.54) is 0 Å². The van der Waals surface area contributed by atoms with Crippen molar-refractivity contribution in [3.63, 3.8) is 0 Å². The average molecular weight is 217 g/mol. The van der Waals surface area contributed by atoms with E-state index in [2.05, 4.69) is 11.4 Å². The second-order valence-corrected chi connectivity index (χ2v) is 3.61. The molecule has 0 unspecified atom stereocenters. The molecule has 0 radical (unpaired) electrons. The van der Waals surface area contributed by atoms with Crippen LogP contribution in [0.4, 0.5) is 0 Å². The molecule has 0 spiro atoms. The number of nitrogens with one attached hydrogen (secondary N) is 1. The molecule has 4 nitrogen and oxygen atoms in total. The predicted octanol–water partition coefficient (Wildman–Crippen LogP) is 0.736. The Kier molecular flexibility index (Phi) is 4.49. The molecule has 0 fully saturated rings. The molecular formula is C12H15N3O. The Hall–Kier alpha value is -1.86. The molecule has 0 aliphatic carbocycles. The van der Waals surface area contributed by atoms with Crippen LogP contribution < -0.4 is 5.32 Å². The smallest absolute Gasteiger partial charge is 0.233 e. The lowest BCUT2D eigenvalue weighted by Crippen LogP contribution is -2.32. The van der Waals surface area contributed by atoms with Crippen LogP contribution in [0.3, 0.4) is 0 Å². The van der Waals surface area contributed by atoms with E-state index in [-0.39, 0.29) is 5.91 Å². The first-order chi connectivity index (χ1) is 7.67. The number of hydrogen-bond donors (Lipinski definition) is 1. The van der Waals surface area contributed by atoms with Crippen LogP contribution in [0.25, 0.3) is 0 Å². The van der Waals surface area contributed by atoms with Crippen molar-refractivity contribution in [2.24, 2.45) is 0 Å². The van der Waals surface area contributed by atoms with Gasteiger partial charge in [-0.1, -0.05) is 18.2 Å². The summed E-state index contributed by atoms with van der Waals surface area (Å²) in [5.74, 6) is -0.0306. The second-order valence-electron chi connectivity index (χ2n) is 3.61. The highest BCUT2D eigenvalue weighted by Crippen LogP contribution is 2.09. The van der Waals surface area contributed by atoms with Crippen molar-refractivity contribution in [1.82, 2.24) is 10.2 Å². The van der Waals surface area contributed by atoms with Gasteiger partial charge >= 0.3 is 0 Å². The number of carbonyl (C=O) groups is 1. The Morgan fingerprint density at radius 3 is 2.81 bits per heavy atom. The molecule has 1 N–H and O–H groups in total. The van der Waals surface area contributed by atoms with E-state index in [1.807, 2.05) is 30.1 Å². The van der Waals surface area contributed by atoms with Crippen molar-refractivity contribution in [3.8, 4) is 6.07 Å². The third kappa shape index (κ3) is 3.37. The molecule has 1 aromatic carbocycles. The molecule has 0 heterocycles. The first-order valence-electron chi connectivity index (χ1n) is 5.04. The molecule has 1 amide bonds. The van der Waals surface area contributed by atoms with E-state index in [1.54, 1.807) is 13.1 Å². The Morgan fingerprint density at radius 2 is 2.19 bits per heavy atom. The van der Waals surface area contributed by atoms with E-state index >= 15 is 0 Å². The van der Waals surface area contributed by atoms with Crippen molar-refractivity contribution < 1.29 is 4.79 Å². The highest BCUT2D eigenvalue weighted by atomic mass is 16.1. The quantitative estimate of drug-likeness (QED) is 0.809. The number of nitrogens with zero attached hydrogens (tertiary/aromatic N) is 2. The summed E-state index contributed by atoms with van der Waals surface area (Å²) in [4.78, 5) is 13.0. The van der Waals surface area contributed by atoms with Crippen LogP contribution >= 0.6 is 0 Å². The molecule has 1 rings (SSSR count). The van der Waals surface area contributed by atoms with E-state index < -0.39 is 0 Å². The summed E-state index contributed by atoms with van der Waals surface area (Å²) < 4.78 is 0. The van der Waals surface area contributed by atoms with Gasteiger partial charge in [0.05, 0.1) is 18.2 Å². The summed E-state index contributed by atoms with van der Waals surface area (Å²) >= 11 is 0. The lowest BCUT2D eigenvalue weighted by atomic mass is 10.1. The van der Waals surface area contributed by atoms with Crippen molar-refractivity contribution in [2.75, 3.05) is 20.6 Å². The van der Waals surface area contributed by atoms with Crippen LogP contribution in [0.2, 0.25) is 0 Å². The van der Waals surface area contributed by atoms with Crippen LogP contribution in [0, 0.1) is 11.3 Å². The van der Waals surface area contributed by atoms with Gasteiger partial charge in [-0.05, 0) is 18.7 Å². The van der Waals surface area contributed by atoms with Crippen molar-refractivity contribution in [1.29, 1.82) is 5.26 Å². The Labute approximate surface area is 95.5 Å². The molecule has 16 heavy (non-hydrogen) atoms. The lowest BCUT2D eigenvalue weighted by Gasteiger charge is -2.16. The molecule has 0 aliphatic heterocycles. The summed E-state index contributed by atoms with van der Waals surface area (Å²) in [5.41, 5.74) is 1.60. The third-order valence-electron chi connectivity index (χ3n) is 2.27. The fourth-order valence-corrected chi connectivity index (χ4v) is 1.44. The molecule has 0 saturated heterocycles. The number of hydrogen-bond acceptors (Lipinski definition) is 3. The van der Waals surface area contributed by atoms with Gasteiger partial charge in [0.2, 0.25) is 5.91 Å². The maximum atomic E-state index is 11.1. The van der Waals surface area contributed by atoms with Gasteiger partial charge in [0.15, 0.2) is 0 Å². The highest BCUT2D eigenvalue weighted by molar-refractivity contribution is 5.77. The minimum Gasteiger partial charge on any atom is -0.358 e. The molecule has 1 aromatic rings. The molecular weight excluding hydrogens is 202 g/mol. The van der Waals surface area contributed by atoms with Crippen LogP contribution in [0.5, 0.6) is 0 Å². The van der Waals surface area contributed by atoms with Gasteiger partial charge in [0.1, 0.15) is 0 Å². The number of amides is 1. The average Bonchev–Trinajstić information content (AvgIpc) is 2.29. The van der Waals surface area contributed by atoms with Gasteiger partial charge in [-0.15, -0.1) is 0 Å². The minimum atomic E-state index is -0.0306. The number of benzene rings is 1. The lowest BCUT2D eigenvalue weighted by molar-refractivity contribution is -0.121. The van der Waals surface area contributed by atoms with Crippen molar-refractivity contribution in [3.05, 3.63) is 35.4 Å². The predicted molar refractivity (Wildman–Crippen MR) is 61.6 cm³/mol. The van der Waals surface area contributed by atoms with E-state index in [0.29, 0.717) is 18.7 Å². The first kappa shape index (κ1) is 12.2. The van der Waals surface area contributed by atoms with Crippen LogP contribution in [-0.2, 0) is 11.3 Å². The molecule has 0 atom stereocenters. The van der Waals surface area contributed by atoms with Crippen LogP contribution in [-0.4, -0.2) is 31.4 Å². The van der Waals surface area contributed by atoms with Gasteiger partial charge < -0.3 is 5.32 Å². The molecule has 4 heteroatoms. The summed E-state index contributed by atoms with van der Waals surface area (Å²) in [5, 5.41) is 11.5. The zero-order chi connectivity index (χ0) is 12.0. The van der Waals surface area contributed by atoms with Crippen LogP contribution in [0.1, 0.15) is 11.1 Å². The van der Waals surface area contributed by atoms with Gasteiger partial charge in [0, 0.05) is 13.6 Å². The zero-order valence-corrected chi connectivity index (χ0v) is 9.53. The van der Waals surface area contributed by atoms with E-state index in [4.69, 9.17) is 5.26 Å². The van der Waals surface area contributed by atoms with Gasteiger partial charge in [0.25, 0.3) is 0 Å². The van der Waals surface area contributed by atoms with Gasteiger partial charge in [-0.2, -0.15) is 5.26 Å². The molecule has 84 valence electrons. The largest absolute Gasteiger partial charge is 0.358 e. The fourth-order valence-electron chi connectivity index (χ4n) is 1.44. The first-order valence-corrected chi connectivity index (χ1v) is 5.04. The van der Waals surface area contributed by atoms with E-state index in [0.717, 1.165) is 5.56 Å². The topological polar surface area (TPSA) is 56.1 Å². The summed E-state index contributed by atoms with van der Waals surface area (Å²) in [7, 11) is 3.46. The standard InChI is InChI=1S/C12H15N3O/c1-14-12(16)9-15(2)8-11-6-4-3-5-10(11)7-13/h3-6H,8-9H2,1-2H3,(H,14,16). The fraction of sp³-hybridized carbons (Fsp3) is 0.333. The SMILES string of the molecule is CNC(=O)CN(C)Cc1ccccc1C#N. The third-order valence-corrected chi connectivity index (χ3v) is 2.27. The number of rotatable bonds is 4. The monoisotopic (exact) mass is 217 g/mol. The van der Waals surface area contributed by atoms with Crippen molar-refractivity contribution >= 4 is 5.91 Å². The molecule has 0 aromatic heterocycles. The Balaban J connectivity index is 2.66. The number of carbonyl (C=O) groups excluding carboxylic acids is 1. The normalized spacial score (nSPS) is 9.88. The molecule has 0 bridgehead atoms. The Morgan fingerprint density at radius 1 is 1.50 bits per heavy atom. The highest BCUT2D eigenvalue weighted by Gasteiger charge is 2.07. The summed E-state index contributed by atoms with van der Waals surface area (Å²) in [6, 6.07) is 9.55. The second kappa shape index (κ2) is 5.89. The zero-order valence-electron chi connectivity index (χ0n) is 9.53. The van der Waals surface area contributed by atoms with Gasteiger partial charge in [-0.25, -0.2) is 0 Å². The number of likely N-dealkylation sites (N-methyl/N-ethyl adjacent to an activating group) is 2. The summed E-state index contributed by atoms with van der Waals surface area (Å²) in [6.07, 6.45) is 0.